The molecule has 0 aromatic carbocycles. The largest absolute Gasteiger partial charge is 0.396 e. The average molecular weight is 343 g/mol. The maximum absolute atomic E-state index is 8.80. The first-order valence-electron chi connectivity index (χ1n) is 10.8. The van der Waals surface area contributed by atoms with Crippen LogP contribution in [-0.4, -0.2) is 23.4 Å². The highest BCUT2D eigenvalue weighted by molar-refractivity contribution is 4.68. The van der Waals surface area contributed by atoms with Gasteiger partial charge >= 0.3 is 0 Å². The summed E-state index contributed by atoms with van der Waals surface area (Å²) in [5.74, 6) is 0. The Balaban J connectivity index is 3.27. The van der Waals surface area contributed by atoms with Crippen molar-refractivity contribution in [3.8, 4) is 0 Å². The van der Waals surface area contributed by atoms with Crippen molar-refractivity contribution < 1.29 is 10.2 Å². The summed E-state index contributed by atoms with van der Waals surface area (Å²) < 4.78 is 0. The van der Waals surface area contributed by atoms with E-state index in [9.17, 15) is 0 Å². The molecule has 0 aromatic rings. The van der Waals surface area contributed by atoms with Gasteiger partial charge in [-0.3, -0.25) is 0 Å². The van der Waals surface area contributed by atoms with Crippen LogP contribution in [0, 0.1) is 5.41 Å². The smallest absolute Gasteiger partial charge is 0.0431 e. The van der Waals surface area contributed by atoms with Crippen molar-refractivity contribution in [2.24, 2.45) is 5.41 Å². The van der Waals surface area contributed by atoms with E-state index in [4.69, 9.17) is 10.2 Å². The van der Waals surface area contributed by atoms with Crippen molar-refractivity contribution in [2.45, 2.75) is 123 Å². The molecule has 0 atom stereocenters. The molecule has 0 rings (SSSR count). The molecule has 0 heterocycles. The van der Waals surface area contributed by atoms with Gasteiger partial charge < -0.3 is 10.2 Å². The summed E-state index contributed by atoms with van der Waals surface area (Å²) >= 11 is 0. The second-order valence-corrected chi connectivity index (χ2v) is 8.41. The van der Waals surface area contributed by atoms with E-state index in [0.717, 1.165) is 12.8 Å². The number of unbranched alkanes of at least 4 members (excludes halogenated alkanes) is 13. The van der Waals surface area contributed by atoms with Crippen molar-refractivity contribution in [3.63, 3.8) is 0 Å². The van der Waals surface area contributed by atoms with Crippen LogP contribution >= 0.6 is 0 Å². The lowest BCUT2D eigenvalue weighted by Gasteiger charge is -2.24. The molecule has 0 bridgehead atoms. The van der Waals surface area contributed by atoms with Gasteiger partial charge in [-0.2, -0.15) is 0 Å². The lowest BCUT2D eigenvalue weighted by Crippen LogP contribution is -2.11. The Morgan fingerprint density at radius 1 is 0.417 bits per heavy atom. The van der Waals surface area contributed by atoms with Crippen molar-refractivity contribution >= 4 is 0 Å². The molecule has 2 nitrogen and oxygen atoms in total. The Bertz CT molecular complexity index is 238. The average Bonchev–Trinajstić information content (AvgIpc) is 2.55. The third-order valence-electron chi connectivity index (χ3n) is 5.27. The second kappa shape index (κ2) is 17.7. The summed E-state index contributed by atoms with van der Waals surface area (Å²) in [6, 6.07) is 0. The summed E-state index contributed by atoms with van der Waals surface area (Å²) in [7, 11) is 0. The van der Waals surface area contributed by atoms with Crippen LogP contribution in [0.15, 0.2) is 0 Å². The molecule has 0 saturated carbocycles. The molecule has 0 saturated heterocycles. The zero-order valence-corrected chi connectivity index (χ0v) is 16.8. The third kappa shape index (κ3) is 18.3. The molecule has 2 N–H and O–H groups in total. The molecule has 0 aliphatic rings. The van der Waals surface area contributed by atoms with E-state index in [1.54, 1.807) is 0 Å². The Morgan fingerprint density at radius 3 is 0.958 bits per heavy atom. The maximum atomic E-state index is 8.80. The number of aliphatic hydroxyl groups is 2. The molecule has 146 valence electrons. The molecular weight excluding hydrogens is 296 g/mol. The van der Waals surface area contributed by atoms with Crippen molar-refractivity contribution in [2.75, 3.05) is 13.2 Å². The number of hydrogen-bond donors (Lipinski definition) is 2. The van der Waals surface area contributed by atoms with E-state index in [2.05, 4.69) is 13.8 Å². The molecular formula is C22H46O2. The van der Waals surface area contributed by atoms with Crippen LogP contribution in [0.2, 0.25) is 0 Å². The predicted octanol–water partition coefficient (Wildman–Crippen LogP) is 6.63. The predicted molar refractivity (Wildman–Crippen MR) is 106 cm³/mol. The number of hydrogen-bond acceptors (Lipinski definition) is 2. The Labute approximate surface area is 152 Å². The highest BCUT2D eigenvalue weighted by Gasteiger charge is 2.16. The van der Waals surface area contributed by atoms with Crippen molar-refractivity contribution in [1.29, 1.82) is 0 Å². The summed E-state index contributed by atoms with van der Waals surface area (Å²) in [6.07, 6.45) is 22.2. The van der Waals surface area contributed by atoms with E-state index >= 15 is 0 Å². The third-order valence-corrected chi connectivity index (χ3v) is 5.27. The molecule has 0 fully saturated rings. The lowest BCUT2D eigenvalue weighted by molar-refractivity contribution is 0.268. The van der Waals surface area contributed by atoms with Gasteiger partial charge in [0.2, 0.25) is 0 Å². The standard InChI is InChI=1S/C22H46O2/c1-22(2,19-15-11-13-17-21-24)18-14-10-8-6-4-3-5-7-9-12-16-20-23/h23-24H,3-21H2,1-2H3. The minimum absolute atomic E-state index is 0.354. The number of rotatable bonds is 19. The fraction of sp³-hybridized carbons (Fsp3) is 1.00. The first-order valence-corrected chi connectivity index (χ1v) is 10.8. The van der Waals surface area contributed by atoms with Crippen LogP contribution in [0.25, 0.3) is 0 Å². The first-order chi connectivity index (χ1) is 11.6. The molecule has 24 heavy (non-hydrogen) atoms. The zero-order valence-electron chi connectivity index (χ0n) is 16.8. The Kier molecular flexibility index (Phi) is 17.7. The number of aliphatic hydroxyl groups excluding tert-OH is 2. The monoisotopic (exact) mass is 342 g/mol. The van der Waals surface area contributed by atoms with Gasteiger partial charge in [0.1, 0.15) is 0 Å². The van der Waals surface area contributed by atoms with E-state index in [1.807, 2.05) is 0 Å². The van der Waals surface area contributed by atoms with Gasteiger partial charge in [-0.25, -0.2) is 0 Å². The molecule has 0 unspecified atom stereocenters. The van der Waals surface area contributed by atoms with Gasteiger partial charge in [-0.15, -0.1) is 0 Å². The van der Waals surface area contributed by atoms with Gasteiger partial charge in [0.05, 0.1) is 0 Å². The van der Waals surface area contributed by atoms with Crippen LogP contribution in [0.5, 0.6) is 0 Å². The molecule has 0 aromatic heterocycles. The van der Waals surface area contributed by atoms with Crippen LogP contribution in [0.1, 0.15) is 123 Å². The summed E-state index contributed by atoms with van der Waals surface area (Å²) in [5, 5.41) is 17.5. The molecule has 0 amide bonds. The van der Waals surface area contributed by atoms with E-state index < -0.39 is 0 Å². The van der Waals surface area contributed by atoms with Crippen LogP contribution in [0.4, 0.5) is 0 Å². The van der Waals surface area contributed by atoms with Crippen molar-refractivity contribution in [3.05, 3.63) is 0 Å². The Hall–Kier alpha value is -0.0800. The van der Waals surface area contributed by atoms with Gasteiger partial charge in [0.15, 0.2) is 0 Å². The highest BCUT2D eigenvalue weighted by atomic mass is 16.3. The van der Waals surface area contributed by atoms with E-state index in [-0.39, 0.29) is 0 Å². The normalized spacial score (nSPS) is 12.0. The van der Waals surface area contributed by atoms with E-state index in [1.165, 1.54) is 96.3 Å². The minimum Gasteiger partial charge on any atom is -0.396 e. The van der Waals surface area contributed by atoms with Crippen LogP contribution in [0.3, 0.4) is 0 Å². The van der Waals surface area contributed by atoms with Crippen LogP contribution in [-0.2, 0) is 0 Å². The summed E-state index contributed by atoms with van der Waals surface area (Å²) in [6.45, 7) is 5.57. The quantitative estimate of drug-likeness (QED) is 0.259. The first kappa shape index (κ1) is 23.9. The van der Waals surface area contributed by atoms with E-state index in [0.29, 0.717) is 18.6 Å². The SMILES string of the molecule is CC(C)(CCCCCCO)CCCCCCCCCCCCCO. The molecule has 0 aliphatic heterocycles. The van der Waals surface area contributed by atoms with Gasteiger partial charge in [0, 0.05) is 13.2 Å². The second-order valence-electron chi connectivity index (χ2n) is 8.41. The maximum Gasteiger partial charge on any atom is 0.0431 e. The summed E-state index contributed by atoms with van der Waals surface area (Å²) in [5.41, 5.74) is 0.508. The lowest BCUT2D eigenvalue weighted by atomic mass is 9.82. The fourth-order valence-corrected chi connectivity index (χ4v) is 3.50. The van der Waals surface area contributed by atoms with Crippen molar-refractivity contribution in [1.82, 2.24) is 0 Å². The Morgan fingerprint density at radius 2 is 0.667 bits per heavy atom. The van der Waals surface area contributed by atoms with Gasteiger partial charge in [0.25, 0.3) is 0 Å². The van der Waals surface area contributed by atoms with Gasteiger partial charge in [-0.1, -0.05) is 97.3 Å². The molecule has 0 aliphatic carbocycles. The topological polar surface area (TPSA) is 40.5 Å². The summed E-state index contributed by atoms with van der Waals surface area (Å²) in [4.78, 5) is 0. The van der Waals surface area contributed by atoms with Crippen LogP contribution < -0.4 is 0 Å². The molecule has 0 spiro atoms. The van der Waals surface area contributed by atoms with Gasteiger partial charge in [-0.05, 0) is 31.1 Å². The highest BCUT2D eigenvalue weighted by Crippen LogP contribution is 2.30. The fourth-order valence-electron chi connectivity index (χ4n) is 3.50. The minimum atomic E-state index is 0.354. The molecule has 2 heteroatoms. The zero-order chi connectivity index (χ0) is 17.9. The molecule has 0 radical (unpaired) electrons.